The summed E-state index contributed by atoms with van der Waals surface area (Å²) in [4.78, 5) is 16.1. The van der Waals surface area contributed by atoms with Crippen LogP contribution in [0.3, 0.4) is 0 Å². The Bertz CT molecular complexity index is 602. The number of amides is 1. The highest BCUT2D eigenvalue weighted by molar-refractivity contribution is 9.10. The van der Waals surface area contributed by atoms with E-state index in [1.54, 1.807) is 0 Å². The Hall–Kier alpha value is -1.44. The first-order valence-electron chi connectivity index (χ1n) is 6.80. The van der Waals surface area contributed by atoms with E-state index in [2.05, 4.69) is 36.4 Å². The van der Waals surface area contributed by atoms with Crippen LogP contribution in [0.25, 0.3) is 11.4 Å². The molecule has 1 heterocycles. The minimum Gasteiger partial charge on any atom is -0.347 e. The summed E-state index contributed by atoms with van der Waals surface area (Å²) in [5.41, 5.74) is 6.65. The van der Waals surface area contributed by atoms with Crippen molar-refractivity contribution in [3.8, 4) is 11.4 Å². The van der Waals surface area contributed by atoms with Gasteiger partial charge >= 0.3 is 0 Å². The quantitative estimate of drug-likeness (QED) is 0.708. The van der Waals surface area contributed by atoms with Crippen molar-refractivity contribution in [1.82, 2.24) is 20.5 Å². The molecule has 1 aromatic carbocycles. The number of nitrogens with two attached hydrogens (primary N) is 1. The van der Waals surface area contributed by atoms with Crippen LogP contribution in [-0.4, -0.2) is 27.1 Å². The summed E-state index contributed by atoms with van der Waals surface area (Å²) in [6, 6.07) is 7.23. The maximum Gasteiger partial charge on any atom is 0.237 e. The summed E-state index contributed by atoms with van der Waals surface area (Å²) < 4.78 is 0.999. The molecule has 1 unspecified atom stereocenters. The molecule has 0 aliphatic heterocycles. The third-order valence-corrected chi connectivity index (χ3v) is 3.53. The summed E-state index contributed by atoms with van der Waals surface area (Å²) >= 11 is 3.38. The molecule has 4 N–H and O–H groups in total. The summed E-state index contributed by atoms with van der Waals surface area (Å²) in [6.07, 6.45) is 1.55. The van der Waals surface area contributed by atoms with Crippen LogP contribution in [0.1, 0.15) is 25.6 Å². The van der Waals surface area contributed by atoms with E-state index in [0.29, 0.717) is 24.6 Å². The molecule has 2 aromatic rings. The van der Waals surface area contributed by atoms with Gasteiger partial charge in [-0.2, -0.15) is 5.10 Å². The van der Waals surface area contributed by atoms with Crippen molar-refractivity contribution >= 4 is 34.2 Å². The molecule has 1 aromatic heterocycles. The van der Waals surface area contributed by atoms with Crippen molar-refractivity contribution in [2.45, 2.75) is 32.4 Å². The Morgan fingerprint density at radius 1 is 1.41 bits per heavy atom. The number of aromatic nitrogens is 3. The normalized spacial score (nSPS) is 11.6. The molecule has 6 nitrogen and oxygen atoms in total. The second-order valence-electron chi connectivity index (χ2n) is 4.73. The first-order valence-corrected chi connectivity index (χ1v) is 7.60. The lowest BCUT2D eigenvalue weighted by atomic mass is 10.2. The molecule has 0 aliphatic rings. The number of hydrogen-bond donors (Lipinski definition) is 3. The Morgan fingerprint density at radius 3 is 2.73 bits per heavy atom. The maximum absolute atomic E-state index is 11.7. The minimum atomic E-state index is -0.469. The largest absolute Gasteiger partial charge is 0.347 e. The van der Waals surface area contributed by atoms with Gasteiger partial charge in [0.25, 0.3) is 0 Å². The molecule has 0 bridgehead atoms. The van der Waals surface area contributed by atoms with Gasteiger partial charge in [0.05, 0.1) is 12.6 Å². The molecule has 8 heteroatoms. The average Bonchev–Trinajstić information content (AvgIpc) is 2.94. The highest BCUT2D eigenvalue weighted by Crippen LogP contribution is 2.18. The molecule has 0 saturated heterocycles. The van der Waals surface area contributed by atoms with E-state index >= 15 is 0 Å². The van der Waals surface area contributed by atoms with Gasteiger partial charge in [-0.1, -0.05) is 41.4 Å². The molecule has 0 saturated carbocycles. The molecule has 1 amide bonds. The molecule has 0 radical (unpaired) electrons. The standard InChI is InChI=1S/C14H18BrN5O.ClH/c1-2-3-11(16)14(21)17-8-12-18-13(20-19-12)9-4-6-10(15)7-5-9;/h4-7,11H,2-3,8,16H2,1H3,(H,17,21)(H,18,19,20);1H. The number of nitrogens with zero attached hydrogens (tertiary/aromatic N) is 2. The zero-order valence-electron chi connectivity index (χ0n) is 12.2. The van der Waals surface area contributed by atoms with Gasteiger partial charge in [-0.15, -0.1) is 12.4 Å². The number of hydrogen-bond acceptors (Lipinski definition) is 4. The van der Waals surface area contributed by atoms with Crippen molar-refractivity contribution in [3.05, 3.63) is 34.6 Å². The molecule has 120 valence electrons. The van der Waals surface area contributed by atoms with Gasteiger partial charge in [-0.25, -0.2) is 4.98 Å². The number of carbonyl (C=O) groups excluding carboxylic acids is 1. The number of benzene rings is 1. The molecule has 0 aliphatic carbocycles. The van der Waals surface area contributed by atoms with Crippen molar-refractivity contribution in [1.29, 1.82) is 0 Å². The highest BCUT2D eigenvalue weighted by atomic mass is 79.9. The van der Waals surface area contributed by atoms with E-state index < -0.39 is 6.04 Å². The number of aromatic amines is 1. The molecule has 1 atom stereocenters. The fourth-order valence-electron chi connectivity index (χ4n) is 1.85. The SMILES string of the molecule is CCCC(N)C(=O)NCc1nc(-c2ccc(Br)cc2)n[nH]1.Cl. The molecule has 0 fully saturated rings. The lowest BCUT2D eigenvalue weighted by Gasteiger charge is -2.09. The zero-order chi connectivity index (χ0) is 15.2. The Morgan fingerprint density at radius 2 is 2.09 bits per heavy atom. The summed E-state index contributed by atoms with van der Waals surface area (Å²) in [5, 5.41) is 9.71. The molecular formula is C14H19BrClN5O. The average molecular weight is 389 g/mol. The molecule has 0 spiro atoms. The van der Waals surface area contributed by atoms with Gasteiger partial charge in [0, 0.05) is 10.0 Å². The molecular weight excluding hydrogens is 370 g/mol. The van der Waals surface area contributed by atoms with Crippen LogP contribution < -0.4 is 11.1 Å². The Balaban J connectivity index is 0.00000242. The van der Waals surface area contributed by atoms with E-state index in [4.69, 9.17) is 5.73 Å². The Labute approximate surface area is 143 Å². The van der Waals surface area contributed by atoms with Crippen LogP contribution in [0.5, 0.6) is 0 Å². The van der Waals surface area contributed by atoms with Crippen LogP contribution in [0.4, 0.5) is 0 Å². The van der Waals surface area contributed by atoms with E-state index in [-0.39, 0.29) is 18.3 Å². The summed E-state index contributed by atoms with van der Waals surface area (Å²) in [7, 11) is 0. The fraction of sp³-hybridized carbons (Fsp3) is 0.357. The van der Waals surface area contributed by atoms with Crippen LogP contribution in [0.15, 0.2) is 28.7 Å². The van der Waals surface area contributed by atoms with E-state index in [9.17, 15) is 4.79 Å². The van der Waals surface area contributed by atoms with Crippen LogP contribution in [0.2, 0.25) is 0 Å². The first kappa shape index (κ1) is 18.6. The van der Waals surface area contributed by atoms with Crippen LogP contribution in [-0.2, 0) is 11.3 Å². The summed E-state index contributed by atoms with van der Waals surface area (Å²) in [5.74, 6) is 1.04. The van der Waals surface area contributed by atoms with Crippen LogP contribution in [0, 0.1) is 0 Å². The number of H-pyrrole nitrogens is 1. The molecule has 22 heavy (non-hydrogen) atoms. The second kappa shape index (κ2) is 8.87. The first-order chi connectivity index (χ1) is 10.1. The fourth-order valence-corrected chi connectivity index (χ4v) is 2.11. The van der Waals surface area contributed by atoms with E-state index in [0.717, 1.165) is 16.5 Å². The summed E-state index contributed by atoms with van der Waals surface area (Å²) in [6.45, 7) is 2.29. The molecule has 2 rings (SSSR count). The van der Waals surface area contributed by atoms with Crippen LogP contribution >= 0.6 is 28.3 Å². The number of halogens is 2. The van der Waals surface area contributed by atoms with Crippen molar-refractivity contribution < 1.29 is 4.79 Å². The second-order valence-corrected chi connectivity index (χ2v) is 5.64. The van der Waals surface area contributed by atoms with E-state index in [1.165, 1.54) is 0 Å². The van der Waals surface area contributed by atoms with Gasteiger partial charge in [0.15, 0.2) is 5.82 Å². The van der Waals surface area contributed by atoms with Gasteiger partial charge in [0.1, 0.15) is 5.82 Å². The van der Waals surface area contributed by atoms with Gasteiger partial charge in [-0.3, -0.25) is 9.89 Å². The van der Waals surface area contributed by atoms with Gasteiger partial charge in [-0.05, 0) is 18.6 Å². The minimum absolute atomic E-state index is 0. The van der Waals surface area contributed by atoms with Crippen molar-refractivity contribution in [2.75, 3.05) is 0 Å². The monoisotopic (exact) mass is 387 g/mol. The lowest BCUT2D eigenvalue weighted by Crippen LogP contribution is -2.40. The van der Waals surface area contributed by atoms with E-state index in [1.807, 2.05) is 31.2 Å². The third-order valence-electron chi connectivity index (χ3n) is 3.00. The lowest BCUT2D eigenvalue weighted by molar-refractivity contribution is -0.122. The van der Waals surface area contributed by atoms with Gasteiger partial charge in [0.2, 0.25) is 5.91 Å². The zero-order valence-corrected chi connectivity index (χ0v) is 14.6. The predicted octanol–water partition coefficient (Wildman–Crippen LogP) is 2.40. The smallest absolute Gasteiger partial charge is 0.237 e. The number of nitrogens with one attached hydrogen (secondary N) is 2. The predicted molar refractivity (Wildman–Crippen MR) is 91.5 cm³/mol. The Kier molecular flexibility index (Phi) is 7.50. The maximum atomic E-state index is 11.7. The number of carbonyl (C=O) groups is 1. The topological polar surface area (TPSA) is 96.7 Å². The van der Waals surface area contributed by atoms with Gasteiger partial charge < -0.3 is 11.1 Å². The number of rotatable bonds is 6. The van der Waals surface area contributed by atoms with Crippen molar-refractivity contribution in [2.24, 2.45) is 5.73 Å². The van der Waals surface area contributed by atoms with Crippen molar-refractivity contribution in [3.63, 3.8) is 0 Å². The third kappa shape index (κ3) is 5.08. The highest BCUT2D eigenvalue weighted by Gasteiger charge is 2.13.